The van der Waals surface area contributed by atoms with Crippen LogP contribution in [0.4, 0.5) is 0 Å². The summed E-state index contributed by atoms with van der Waals surface area (Å²) in [4.78, 5) is 23.8. The van der Waals surface area contributed by atoms with E-state index in [1.165, 1.54) is 0 Å². The highest BCUT2D eigenvalue weighted by molar-refractivity contribution is 5.98. The van der Waals surface area contributed by atoms with Crippen molar-refractivity contribution in [1.82, 2.24) is 10.6 Å². The molecule has 21 heavy (non-hydrogen) atoms. The topological polar surface area (TPSA) is 78.4 Å². The van der Waals surface area contributed by atoms with E-state index in [-0.39, 0.29) is 5.91 Å². The number of amides is 1. The van der Waals surface area contributed by atoms with Gasteiger partial charge in [0.2, 0.25) is 0 Å². The quantitative estimate of drug-likeness (QED) is 0.683. The van der Waals surface area contributed by atoms with Gasteiger partial charge in [-0.2, -0.15) is 0 Å². The van der Waals surface area contributed by atoms with Crippen molar-refractivity contribution in [3.05, 3.63) is 35.4 Å². The molecule has 1 unspecified atom stereocenters. The largest absolute Gasteiger partial charge is 0.480 e. The molecular weight excluding hydrogens is 268 g/mol. The van der Waals surface area contributed by atoms with Crippen molar-refractivity contribution in [2.75, 3.05) is 13.6 Å². The smallest absolute Gasteiger partial charge is 0.329 e. The molecule has 1 aromatic carbocycles. The summed E-state index contributed by atoms with van der Waals surface area (Å²) in [7, 11) is 1.85. The second-order valence-corrected chi connectivity index (χ2v) is 5.35. The number of rotatable bonds is 8. The molecule has 0 aliphatic rings. The van der Waals surface area contributed by atoms with Crippen molar-refractivity contribution in [1.29, 1.82) is 0 Å². The van der Waals surface area contributed by atoms with Gasteiger partial charge in [-0.25, -0.2) is 4.79 Å². The molecule has 5 nitrogen and oxygen atoms in total. The van der Waals surface area contributed by atoms with Gasteiger partial charge in [0, 0.05) is 5.56 Å². The number of hydrogen-bond donors (Lipinski definition) is 3. The molecule has 0 heterocycles. The van der Waals surface area contributed by atoms with Crippen LogP contribution < -0.4 is 10.6 Å². The summed E-state index contributed by atoms with van der Waals surface area (Å²) in [5.74, 6) is -1.34. The summed E-state index contributed by atoms with van der Waals surface area (Å²) >= 11 is 0. The molecular formula is C16H24N2O3. The number of carboxylic acid groups (broad SMARTS) is 1. The highest BCUT2D eigenvalue weighted by Crippen LogP contribution is 2.16. The molecule has 3 N–H and O–H groups in total. The number of hydrogen-bond acceptors (Lipinski definition) is 3. The summed E-state index contributed by atoms with van der Waals surface area (Å²) in [6.45, 7) is 4.20. The maximum absolute atomic E-state index is 12.4. The Kier molecular flexibility index (Phi) is 6.37. The predicted molar refractivity (Wildman–Crippen MR) is 82.5 cm³/mol. The molecule has 0 saturated carbocycles. The van der Waals surface area contributed by atoms with E-state index in [2.05, 4.69) is 10.6 Å². The molecule has 1 rings (SSSR count). The minimum atomic E-state index is -1.23. The maximum Gasteiger partial charge on any atom is 0.329 e. The van der Waals surface area contributed by atoms with Crippen LogP contribution in [-0.4, -0.2) is 36.1 Å². The number of likely N-dealkylation sites (N-methyl/N-ethyl adjacent to an activating group) is 1. The third-order valence-corrected chi connectivity index (χ3v) is 3.52. The summed E-state index contributed by atoms with van der Waals surface area (Å²) in [5, 5.41) is 15.1. The van der Waals surface area contributed by atoms with Crippen LogP contribution >= 0.6 is 0 Å². The van der Waals surface area contributed by atoms with Crippen LogP contribution in [0.3, 0.4) is 0 Å². The molecule has 0 aromatic heterocycles. The van der Waals surface area contributed by atoms with Crippen LogP contribution in [0.25, 0.3) is 0 Å². The lowest BCUT2D eigenvalue weighted by atomic mass is 9.95. The van der Waals surface area contributed by atoms with Crippen LogP contribution in [0.1, 0.15) is 42.6 Å². The minimum absolute atomic E-state index is 0.333. The molecule has 116 valence electrons. The Labute approximate surface area is 125 Å². The second-order valence-electron chi connectivity index (χ2n) is 5.35. The Morgan fingerprint density at radius 1 is 1.29 bits per heavy atom. The number of aliphatic carboxylic acids is 1. The molecule has 0 fully saturated rings. The lowest BCUT2D eigenvalue weighted by Gasteiger charge is -2.26. The van der Waals surface area contributed by atoms with E-state index in [9.17, 15) is 14.7 Å². The van der Waals surface area contributed by atoms with Gasteiger partial charge in [0.1, 0.15) is 5.54 Å². The second kappa shape index (κ2) is 7.78. The van der Waals surface area contributed by atoms with Gasteiger partial charge in [-0.05, 0) is 45.0 Å². The first-order valence-corrected chi connectivity index (χ1v) is 7.23. The van der Waals surface area contributed by atoms with Crippen molar-refractivity contribution in [3.8, 4) is 0 Å². The molecule has 1 amide bonds. The standard InChI is InChI=1S/C16H24N2O3/c1-4-10-16(2,15(20)21)18-14(19)13-8-6-5-7-12(13)9-11-17-3/h5-8,17H,4,9-11H2,1-3H3,(H,18,19)(H,20,21). The van der Waals surface area contributed by atoms with Crippen molar-refractivity contribution in [2.45, 2.75) is 38.6 Å². The van der Waals surface area contributed by atoms with Crippen LogP contribution in [0, 0.1) is 0 Å². The Morgan fingerprint density at radius 3 is 2.52 bits per heavy atom. The van der Waals surface area contributed by atoms with E-state index >= 15 is 0 Å². The fourth-order valence-electron chi connectivity index (χ4n) is 2.26. The van der Waals surface area contributed by atoms with E-state index in [1.807, 2.05) is 26.1 Å². The molecule has 5 heteroatoms. The summed E-state index contributed by atoms with van der Waals surface area (Å²) in [6.07, 6.45) is 1.80. The predicted octanol–water partition coefficient (Wildman–Crippen LogP) is 1.82. The first kappa shape index (κ1) is 17.2. The first-order chi connectivity index (χ1) is 9.94. The van der Waals surface area contributed by atoms with E-state index in [0.29, 0.717) is 18.4 Å². The molecule has 0 radical (unpaired) electrons. The lowest BCUT2D eigenvalue weighted by Crippen LogP contribution is -2.52. The zero-order valence-corrected chi connectivity index (χ0v) is 12.9. The number of carbonyl (C=O) groups excluding carboxylic acids is 1. The van der Waals surface area contributed by atoms with Crippen molar-refractivity contribution in [2.24, 2.45) is 0 Å². The van der Waals surface area contributed by atoms with Gasteiger partial charge in [-0.3, -0.25) is 4.79 Å². The summed E-state index contributed by atoms with van der Waals surface area (Å²) in [5.41, 5.74) is 0.215. The fourth-order valence-corrected chi connectivity index (χ4v) is 2.26. The van der Waals surface area contributed by atoms with Gasteiger partial charge in [0.25, 0.3) is 5.91 Å². The normalized spacial score (nSPS) is 13.5. The van der Waals surface area contributed by atoms with E-state index in [0.717, 1.165) is 18.5 Å². The number of carboxylic acids is 1. The minimum Gasteiger partial charge on any atom is -0.480 e. The Morgan fingerprint density at radius 2 is 1.95 bits per heavy atom. The highest BCUT2D eigenvalue weighted by atomic mass is 16.4. The van der Waals surface area contributed by atoms with Crippen LogP contribution in [0.5, 0.6) is 0 Å². The third kappa shape index (κ3) is 4.56. The molecule has 1 aromatic rings. The summed E-state index contributed by atoms with van der Waals surface area (Å²) < 4.78 is 0. The molecule has 0 aliphatic heterocycles. The van der Waals surface area contributed by atoms with Crippen LogP contribution in [0.15, 0.2) is 24.3 Å². The number of carbonyl (C=O) groups is 2. The lowest BCUT2D eigenvalue weighted by molar-refractivity contribution is -0.144. The van der Waals surface area contributed by atoms with Crippen LogP contribution in [0.2, 0.25) is 0 Å². The number of nitrogens with one attached hydrogen (secondary N) is 2. The zero-order chi connectivity index (χ0) is 15.9. The van der Waals surface area contributed by atoms with Crippen molar-refractivity contribution < 1.29 is 14.7 Å². The fraction of sp³-hybridized carbons (Fsp3) is 0.500. The monoisotopic (exact) mass is 292 g/mol. The average Bonchev–Trinajstić information content (AvgIpc) is 2.45. The zero-order valence-electron chi connectivity index (χ0n) is 12.9. The van der Waals surface area contributed by atoms with Gasteiger partial charge in [-0.1, -0.05) is 31.5 Å². The molecule has 0 bridgehead atoms. The SMILES string of the molecule is CCCC(C)(NC(=O)c1ccccc1CCNC)C(=O)O. The van der Waals surface area contributed by atoms with E-state index in [1.54, 1.807) is 19.1 Å². The molecule has 1 atom stereocenters. The van der Waals surface area contributed by atoms with E-state index in [4.69, 9.17) is 0 Å². The molecule has 0 spiro atoms. The Hall–Kier alpha value is -1.88. The summed E-state index contributed by atoms with van der Waals surface area (Å²) in [6, 6.07) is 7.29. The number of benzene rings is 1. The average molecular weight is 292 g/mol. The molecule has 0 saturated heterocycles. The van der Waals surface area contributed by atoms with Crippen molar-refractivity contribution >= 4 is 11.9 Å². The van der Waals surface area contributed by atoms with Crippen molar-refractivity contribution in [3.63, 3.8) is 0 Å². The Bertz CT molecular complexity index is 502. The van der Waals surface area contributed by atoms with Gasteiger partial charge in [0.15, 0.2) is 0 Å². The van der Waals surface area contributed by atoms with Gasteiger partial charge >= 0.3 is 5.97 Å². The van der Waals surface area contributed by atoms with E-state index < -0.39 is 11.5 Å². The van der Waals surface area contributed by atoms with Gasteiger partial charge in [0.05, 0.1) is 0 Å². The van der Waals surface area contributed by atoms with Gasteiger partial charge in [-0.15, -0.1) is 0 Å². The Balaban J connectivity index is 2.95. The van der Waals surface area contributed by atoms with Crippen LogP contribution in [-0.2, 0) is 11.2 Å². The third-order valence-electron chi connectivity index (χ3n) is 3.52. The van der Waals surface area contributed by atoms with Gasteiger partial charge < -0.3 is 15.7 Å². The molecule has 0 aliphatic carbocycles. The maximum atomic E-state index is 12.4. The highest BCUT2D eigenvalue weighted by Gasteiger charge is 2.34. The first-order valence-electron chi connectivity index (χ1n) is 7.23.